The Kier molecular flexibility index (Phi) is 1.71. The number of carbonyl (C=O) groups excluding carboxylic acids is 1. The normalized spacial score (nSPS) is 9.40. The molecular weight excluding hydrogens is 132 g/mol. The van der Waals surface area contributed by atoms with Crippen LogP contribution in [0.4, 0.5) is 5.88 Å². The smallest absolute Gasteiger partial charge is 0.227 e. The van der Waals surface area contributed by atoms with Crippen LogP contribution in [0.5, 0.6) is 0 Å². The second-order valence-electron chi connectivity index (χ2n) is 2.10. The van der Waals surface area contributed by atoms with Crippen LogP contribution in [0.15, 0.2) is 10.6 Å². The van der Waals surface area contributed by atoms with Crippen molar-refractivity contribution >= 4 is 12.2 Å². The fourth-order valence-corrected chi connectivity index (χ4v) is 0.545. The van der Waals surface area contributed by atoms with E-state index >= 15 is 0 Å². The van der Waals surface area contributed by atoms with E-state index < -0.39 is 0 Å². The van der Waals surface area contributed by atoms with Crippen LogP contribution < -0.4 is 4.90 Å². The summed E-state index contributed by atoms with van der Waals surface area (Å²) in [7, 11) is 3.63. The van der Waals surface area contributed by atoms with Gasteiger partial charge in [-0.3, -0.25) is 4.79 Å². The molecule has 0 atom stereocenters. The number of nitrogens with zero attached hydrogens (tertiary/aromatic N) is 2. The van der Waals surface area contributed by atoms with Gasteiger partial charge in [-0.1, -0.05) is 5.16 Å². The molecule has 10 heavy (non-hydrogen) atoms. The first kappa shape index (κ1) is 6.80. The van der Waals surface area contributed by atoms with Crippen LogP contribution in [0.1, 0.15) is 10.5 Å². The fourth-order valence-electron chi connectivity index (χ4n) is 0.545. The molecule has 0 N–H and O–H groups in total. The molecule has 0 unspecified atom stereocenters. The van der Waals surface area contributed by atoms with E-state index in [0.29, 0.717) is 17.9 Å². The molecule has 4 heteroatoms. The Morgan fingerprint density at radius 3 is 2.70 bits per heavy atom. The van der Waals surface area contributed by atoms with Crippen molar-refractivity contribution in [3.05, 3.63) is 11.8 Å². The van der Waals surface area contributed by atoms with Gasteiger partial charge in [-0.25, -0.2) is 0 Å². The molecular formula is C6H8N2O2. The predicted octanol–water partition coefficient (Wildman–Crippen LogP) is 0.553. The van der Waals surface area contributed by atoms with Gasteiger partial charge in [0, 0.05) is 20.2 Å². The zero-order chi connectivity index (χ0) is 7.56. The number of aldehydes is 1. The van der Waals surface area contributed by atoms with Gasteiger partial charge < -0.3 is 9.42 Å². The molecule has 54 valence electrons. The van der Waals surface area contributed by atoms with Crippen LogP contribution in [-0.4, -0.2) is 25.5 Å². The molecule has 0 radical (unpaired) electrons. The quantitative estimate of drug-likeness (QED) is 0.563. The molecule has 0 aliphatic rings. The van der Waals surface area contributed by atoms with Gasteiger partial charge >= 0.3 is 0 Å². The molecule has 0 bridgehead atoms. The summed E-state index contributed by atoms with van der Waals surface area (Å²) in [6.45, 7) is 0. The van der Waals surface area contributed by atoms with Gasteiger partial charge in [-0.15, -0.1) is 0 Å². The first-order valence-electron chi connectivity index (χ1n) is 2.83. The third-order valence-electron chi connectivity index (χ3n) is 1.08. The van der Waals surface area contributed by atoms with Crippen LogP contribution >= 0.6 is 0 Å². The van der Waals surface area contributed by atoms with E-state index in [1.165, 1.54) is 0 Å². The van der Waals surface area contributed by atoms with E-state index in [9.17, 15) is 4.79 Å². The van der Waals surface area contributed by atoms with Crippen LogP contribution in [-0.2, 0) is 0 Å². The highest BCUT2D eigenvalue weighted by atomic mass is 16.5. The van der Waals surface area contributed by atoms with Crippen LogP contribution in [0, 0.1) is 0 Å². The minimum absolute atomic E-state index is 0.323. The third kappa shape index (κ3) is 1.15. The predicted molar refractivity (Wildman–Crippen MR) is 36.2 cm³/mol. The van der Waals surface area contributed by atoms with Gasteiger partial charge in [-0.05, 0) is 0 Å². The van der Waals surface area contributed by atoms with Crippen molar-refractivity contribution in [3.8, 4) is 0 Å². The average Bonchev–Trinajstić information content (AvgIpc) is 2.34. The van der Waals surface area contributed by atoms with Crippen LogP contribution in [0.3, 0.4) is 0 Å². The molecule has 1 heterocycles. The van der Waals surface area contributed by atoms with E-state index in [0.717, 1.165) is 0 Å². The second-order valence-corrected chi connectivity index (χ2v) is 2.10. The Labute approximate surface area is 58.4 Å². The standard InChI is InChI=1S/C6H8N2O2/c1-8(2)6-3-5(4-9)7-10-6/h3-4H,1-2H3. The van der Waals surface area contributed by atoms with Gasteiger partial charge in [0.25, 0.3) is 0 Å². The molecule has 1 aromatic heterocycles. The monoisotopic (exact) mass is 140 g/mol. The van der Waals surface area contributed by atoms with Gasteiger partial charge in [0.1, 0.15) is 5.69 Å². The summed E-state index contributed by atoms with van der Waals surface area (Å²) in [5.41, 5.74) is 0.323. The Morgan fingerprint density at radius 2 is 2.40 bits per heavy atom. The van der Waals surface area contributed by atoms with E-state index in [1.807, 2.05) is 14.1 Å². The van der Waals surface area contributed by atoms with Crippen molar-refractivity contribution in [1.82, 2.24) is 5.16 Å². The summed E-state index contributed by atoms with van der Waals surface area (Å²) in [5, 5.41) is 3.47. The van der Waals surface area contributed by atoms with Gasteiger partial charge in [0.15, 0.2) is 6.29 Å². The number of rotatable bonds is 2. The Morgan fingerprint density at radius 1 is 1.70 bits per heavy atom. The SMILES string of the molecule is CN(C)c1cc(C=O)no1. The lowest BCUT2D eigenvalue weighted by molar-refractivity contribution is 0.111. The highest BCUT2D eigenvalue weighted by Gasteiger charge is 2.02. The maximum Gasteiger partial charge on any atom is 0.227 e. The first-order valence-corrected chi connectivity index (χ1v) is 2.83. The maximum absolute atomic E-state index is 10.1. The van der Waals surface area contributed by atoms with Crippen molar-refractivity contribution in [2.75, 3.05) is 19.0 Å². The Bertz CT molecular complexity index is 229. The first-order chi connectivity index (χ1) is 4.74. The van der Waals surface area contributed by atoms with E-state index in [-0.39, 0.29) is 0 Å². The number of anilines is 1. The largest absolute Gasteiger partial charge is 0.347 e. The molecule has 0 aliphatic carbocycles. The molecule has 1 rings (SSSR count). The fraction of sp³-hybridized carbons (Fsp3) is 0.333. The zero-order valence-corrected chi connectivity index (χ0v) is 5.87. The molecule has 1 aromatic rings. The van der Waals surface area contributed by atoms with Gasteiger partial charge in [-0.2, -0.15) is 0 Å². The number of carbonyl (C=O) groups is 1. The summed E-state index contributed by atoms with van der Waals surface area (Å²) in [5.74, 6) is 0.585. The second kappa shape index (κ2) is 2.51. The number of hydrogen-bond acceptors (Lipinski definition) is 4. The number of aromatic nitrogens is 1. The molecule has 0 saturated heterocycles. The van der Waals surface area contributed by atoms with E-state index in [4.69, 9.17) is 4.52 Å². The summed E-state index contributed by atoms with van der Waals surface area (Å²) in [6, 6.07) is 1.58. The van der Waals surface area contributed by atoms with Crippen molar-refractivity contribution in [2.45, 2.75) is 0 Å². The summed E-state index contributed by atoms with van der Waals surface area (Å²) in [4.78, 5) is 11.8. The van der Waals surface area contributed by atoms with E-state index in [2.05, 4.69) is 5.16 Å². The molecule has 0 spiro atoms. The minimum Gasteiger partial charge on any atom is -0.347 e. The summed E-state index contributed by atoms with van der Waals surface area (Å²) < 4.78 is 4.76. The topological polar surface area (TPSA) is 46.3 Å². The minimum atomic E-state index is 0.323. The summed E-state index contributed by atoms with van der Waals surface area (Å²) >= 11 is 0. The Balaban J connectivity index is 2.88. The third-order valence-corrected chi connectivity index (χ3v) is 1.08. The number of hydrogen-bond donors (Lipinski definition) is 0. The molecule has 0 saturated carbocycles. The lowest BCUT2D eigenvalue weighted by Gasteiger charge is -2.03. The highest BCUT2D eigenvalue weighted by molar-refractivity contribution is 5.72. The zero-order valence-electron chi connectivity index (χ0n) is 5.87. The van der Waals surface area contributed by atoms with E-state index in [1.54, 1.807) is 11.0 Å². The molecule has 0 fully saturated rings. The molecule has 0 aromatic carbocycles. The highest BCUT2D eigenvalue weighted by Crippen LogP contribution is 2.10. The van der Waals surface area contributed by atoms with Gasteiger partial charge in [0.2, 0.25) is 5.88 Å². The van der Waals surface area contributed by atoms with Crippen LogP contribution in [0.2, 0.25) is 0 Å². The Hall–Kier alpha value is -1.32. The van der Waals surface area contributed by atoms with Crippen LogP contribution in [0.25, 0.3) is 0 Å². The van der Waals surface area contributed by atoms with Crippen molar-refractivity contribution < 1.29 is 9.32 Å². The van der Waals surface area contributed by atoms with Crippen molar-refractivity contribution in [3.63, 3.8) is 0 Å². The van der Waals surface area contributed by atoms with Crippen molar-refractivity contribution in [1.29, 1.82) is 0 Å². The molecule has 4 nitrogen and oxygen atoms in total. The van der Waals surface area contributed by atoms with Gasteiger partial charge in [0.05, 0.1) is 0 Å². The summed E-state index contributed by atoms with van der Waals surface area (Å²) in [6.07, 6.45) is 0.649. The molecule has 0 amide bonds. The lowest BCUT2D eigenvalue weighted by Crippen LogP contribution is -2.06. The average molecular weight is 140 g/mol. The molecule has 0 aliphatic heterocycles. The lowest BCUT2D eigenvalue weighted by atomic mass is 10.4. The van der Waals surface area contributed by atoms with Crippen molar-refractivity contribution in [2.24, 2.45) is 0 Å². The maximum atomic E-state index is 10.1.